The molecule has 2 aliphatic rings. The average molecular weight is 251 g/mol. The van der Waals surface area contributed by atoms with Crippen LogP contribution < -0.4 is 0 Å². The van der Waals surface area contributed by atoms with Crippen LogP contribution in [0.2, 0.25) is 0 Å². The lowest BCUT2D eigenvalue weighted by Crippen LogP contribution is -2.53. The number of nitrogens with zero attached hydrogens (tertiary/aromatic N) is 2. The van der Waals surface area contributed by atoms with Gasteiger partial charge >= 0.3 is 0 Å². The maximum atomic E-state index is 11.8. The molecule has 0 atom stereocenters. The molecule has 4 heteroatoms. The minimum Gasteiger partial charge on any atom is -0.343 e. The third kappa shape index (κ3) is 2.74. The topological polar surface area (TPSA) is 47.4 Å². The zero-order valence-corrected chi connectivity index (χ0v) is 12.0. The smallest absolute Gasteiger partial charge is 0.246 e. The van der Waals surface area contributed by atoms with Gasteiger partial charge in [0.2, 0.25) is 5.91 Å². The predicted molar refractivity (Wildman–Crippen MR) is 74.6 cm³/mol. The molecule has 2 rings (SSSR count). The second-order valence-electron chi connectivity index (χ2n) is 4.54. The number of hydrogen-bond acceptors (Lipinski definition) is 2. The number of carbonyl (C=O) groups is 1. The summed E-state index contributed by atoms with van der Waals surface area (Å²) in [6.45, 7) is 6.25. The number of carbonyl (C=O) groups excluding carboxylic acids is 1. The number of amidine groups is 1. The monoisotopic (exact) mass is 251 g/mol. The molecule has 0 spiro atoms. The van der Waals surface area contributed by atoms with Crippen molar-refractivity contribution in [3.63, 3.8) is 0 Å². The fraction of sp³-hybridized carbons (Fsp3) is 0.714. The predicted octanol–water partition coefficient (Wildman–Crippen LogP) is 2.61. The Labute approximate surface area is 110 Å². The van der Waals surface area contributed by atoms with Crippen molar-refractivity contribution in [2.24, 2.45) is 0 Å². The molecule has 0 aromatic carbocycles. The Morgan fingerprint density at radius 2 is 1.83 bits per heavy atom. The Hall–Kier alpha value is -1.32. The lowest BCUT2D eigenvalue weighted by Gasteiger charge is -2.39. The maximum absolute atomic E-state index is 11.8. The van der Waals surface area contributed by atoms with Crippen molar-refractivity contribution >= 4 is 11.7 Å². The van der Waals surface area contributed by atoms with E-state index in [0.717, 1.165) is 18.5 Å². The first-order chi connectivity index (χ1) is 8.65. The van der Waals surface area contributed by atoms with E-state index in [2.05, 4.69) is 0 Å². The number of rotatable bonds is 1. The van der Waals surface area contributed by atoms with Crippen LogP contribution in [0, 0.1) is 5.41 Å². The van der Waals surface area contributed by atoms with Crippen LogP contribution in [0.3, 0.4) is 0 Å². The van der Waals surface area contributed by atoms with Gasteiger partial charge in [-0.15, -0.1) is 0 Å². The molecule has 0 unspecified atom stereocenters. The van der Waals surface area contributed by atoms with Crippen molar-refractivity contribution in [3.8, 4) is 0 Å². The third-order valence-corrected chi connectivity index (χ3v) is 3.61. The highest BCUT2D eigenvalue weighted by Crippen LogP contribution is 2.27. The van der Waals surface area contributed by atoms with Gasteiger partial charge in [0.1, 0.15) is 5.84 Å². The fourth-order valence-electron chi connectivity index (χ4n) is 2.63. The van der Waals surface area contributed by atoms with Crippen LogP contribution in [0.5, 0.6) is 0 Å². The van der Waals surface area contributed by atoms with Crippen molar-refractivity contribution in [2.45, 2.75) is 52.5 Å². The van der Waals surface area contributed by atoms with Gasteiger partial charge in [-0.25, -0.2) is 0 Å². The molecule has 0 bridgehead atoms. The fourth-order valence-corrected chi connectivity index (χ4v) is 2.63. The first kappa shape index (κ1) is 14.7. The number of nitrogens with one attached hydrogen (secondary N) is 1. The summed E-state index contributed by atoms with van der Waals surface area (Å²) in [4.78, 5) is 15.4. The van der Waals surface area contributed by atoms with Gasteiger partial charge in [-0.3, -0.25) is 10.2 Å². The lowest BCUT2D eigenvalue weighted by atomic mass is 10.1. The van der Waals surface area contributed by atoms with E-state index in [9.17, 15) is 4.79 Å². The van der Waals surface area contributed by atoms with Gasteiger partial charge < -0.3 is 9.80 Å². The summed E-state index contributed by atoms with van der Waals surface area (Å²) in [5.74, 6) is 0.604. The molecule has 4 nitrogen and oxygen atoms in total. The van der Waals surface area contributed by atoms with Gasteiger partial charge in [0.15, 0.2) is 0 Å². The van der Waals surface area contributed by atoms with E-state index in [1.54, 1.807) is 11.9 Å². The first-order valence-corrected chi connectivity index (χ1v) is 6.93. The molecule has 0 aromatic rings. The quantitative estimate of drug-likeness (QED) is 0.778. The standard InChI is InChI=1S/C12H19N3O.C2H6/c1-3-10-12(13)15(8-11(16)14(10)2)9-6-4-5-7-9;1-2/h3,9,13H,4-8H2,1-2H3;1-2H3/b10-3+,13-12?;. The molecule has 2 fully saturated rings. The molecule has 1 aliphatic heterocycles. The Morgan fingerprint density at radius 3 is 2.33 bits per heavy atom. The molecule has 1 amide bonds. The Balaban J connectivity index is 0.000000771. The maximum Gasteiger partial charge on any atom is 0.246 e. The van der Waals surface area contributed by atoms with Gasteiger partial charge in [-0.2, -0.15) is 0 Å². The second kappa shape index (κ2) is 6.57. The number of likely N-dealkylation sites (N-methyl/N-ethyl adjacent to an activating group) is 1. The number of piperazine rings is 1. The van der Waals surface area contributed by atoms with Gasteiger partial charge in [0, 0.05) is 13.1 Å². The van der Waals surface area contributed by atoms with Crippen molar-refractivity contribution in [1.29, 1.82) is 5.41 Å². The number of allylic oxidation sites excluding steroid dienone is 1. The van der Waals surface area contributed by atoms with Crippen molar-refractivity contribution in [2.75, 3.05) is 13.6 Å². The van der Waals surface area contributed by atoms with Crippen molar-refractivity contribution in [3.05, 3.63) is 11.8 Å². The molecule has 18 heavy (non-hydrogen) atoms. The summed E-state index contributed by atoms with van der Waals surface area (Å²) in [7, 11) is 1.75. The van der Waals surface area contributed by atoms with E-state index in [-0.39, 0.29) is 5.91 Å². The largest absolute Gasteiger partial charge is 0.343 e. The summed E-state index contributed by atoms with van der Waals surface area (Å²) in [6.07, 6.45) is 6.54. The van der Waals surface area contributed by atoms with Gasteiger partial charge in [0.25, 0.3) is 0 Å². The number of hydrogen-bond donors (Lipinski definition) is 1. The summed E-state index contributed by atoms with van der Waals surface area (Å²) in [5.41, 5.74) is 0.739. The van der Waals surface area contributed by atoms with E-state index >= 15 is 0 Å². The highest BCUT2D eigenvalue weighted by Gasteiger charge is 2.34. The minimum absolute atomic E-state index is 0.0935. The lowest BCUT2D eigenvalue weighted by molar-refractivity contribution is -0.129. The molecule has 1 aliphatic carbocycles. The number of amides is 1. The Bertz CT molecular complexity index is 343. The Kier molecular flexibility index (Phi) is 5.38. The summed E-state index contributed by atoms with van der Waals surface area (Å²) >= 11 is 0. The highest BCUT2D eigenvalue weighted by molar-refractivity contribution is 6.04. The molecule has 0 aromatic heterocycles. The minimum atomic E-state index is 0.0935. The molecule has 1 N–H and O–H groups in total. The van der Waals surface area contributed by atoms with Gasteiger partial charge in [0.05, 0.1) is 12.2 Å². The summed E-state index contributed by atoms with van der Waals surface area (Å²) in [6, 6.07) is 0.403. The van der Waals surface area contributed by atoms with E-state index < -0.39 is 0 Å². The molecular formula is C14H25N3O. The van der Waals surface area contributed by atoms with Gasteiger partial charge in [-0.05, 0) is 19.8 Å². The SMILES string of the molecule is C/C=C1\C(=N)N(C2CCCC2)CC(=O)N1C.CC. The van der Waals surface area contributed by atoms with E-state index in [1.807, 2.05) is 31.7 Å². The van der Waals surface area contributed by atoms with Crippen LogP contribution in [0.4, 0.5) is 0 Å². The van der Waals surface area contributed by atoms with Gasteiger partial charge in [-0.1, -0.05) is 32.8 Å². The molecule has 1 heterocycles. The zero-order valence-electron chi connectivity index (χ0n) is 12.0. The van der Waals surface area contributed by atoms with Crippen molar-refractivity contribution < 1.29 is 4.79 Å². The van der Waals surface area contributed by atoms with Crippen molar-refractivity contribution in [1.82, 2.24) is 9.80 Å². The normalized spacial score (nSPS) is 23.4. The van der Waals surface area contributed by atoms with Crippen LogP contribution >= 0.6 is 0 Å². The molecule has 0 radical (unpaired) electrons. The summed E-state index contributed by atoms with van der Waals surface area (Å²) in [5, 5.41) is 8.15. The average Bonchev–Trinajstić information content (AvgIpc) is 2.91. The second-order valence-corrected chi connectivity index (χ2v) is 4.54. The van der Waals surface area contributed by atoms with Crippen LogP contribution in [0.15, 0.2) is 11.8 Å². The molecule has 102 valence electrons. The third-order valence-electron chi connectivity index (χ3n) is 3.61. The Morgan fingerprint density at radius 1 is 1.28 bits per heavy atom. The molecule has 1 saturated heterocycles. The molecule has 1 saturated carbocycles. The van der Waals surface area contributed by atoms with E-state index in [0.29, 0.717) is 18.4 Å². The van der Waals surface area contributed by atoms with Crippen LogP contribution in [-0.2, 0) is 4.79 Å². The first-order valence-electron chi connectivity index (χ1n) is 6.93. The van der Waals surface area contributed by atoms with Crippen LogP contribution in [0.1, 0.15) is 46.5 Å². The summed E-state index contributed by atoms with van der Waals surface area (Å²) < 4.78 is 0. The van der Waals surface area contributed by atoms with E-state index in [4.69, 9.17) is 5.41 Å². The van der Waals surface area contributed by atoms with Crippen LogP contribution in [0.25, 0.3) is 0 Å². The van der Waals surface area contributed by atoms with Crippen LogP contribution in [-0.4, -0.2) is 41.2 Å². The highest BCUT2D eigenvalue weighted by atomic mass is 16.2. The zero-order chi connectivity index (χ0) is 13.7. The molecular weight excluding hydrogens is 226 g/mol. The van der Waals surface area contributed by atoms with E-state index in [1.165, 1.54) is 12.8 Å².